The Hall–Kier alpha value is -3.65. The van der Waals surface area contributed by atoms with E-state index in [9.17, 15) is 14.3 Å². The van der Waals surface area contributed by atoms with Crippen molar-refractivity contribution in [3.05, 3.63) is 77.1 Å². The molecule has 0 aromatic heterocycles. The smallest absolute Gasteiger partial charge is 0.251 e. The number of nitrogens with one attached hydrogen (secondary N) is 1. The van der Waals surface area contributed by atoms with Crippen molar-refractivity contribution < 1.29 is 14.3 Å². The Kier molecular flexibility index (Phi) is 3.67. The molecule has 0 atom stereocenters. The molecule has 3 aromatic carbocycles. The first kappa shape index (κ1) is 15.9. The summed E-state index contributed by atoms with van der Waals surface area (Å²) in [6.07, 6.45) is 0. The van der Waals surface area contributed by atoms with Gasteiger partial charge in [0.1, 0.15) is 11.6 Å². The molecule has 0 radical (unpaired) electrons. The zero-order valence-electron chi connectivity index (χ0n) is 13.6. The maximum atomic E-state index is 14.5. The Bertz CT molecular complexity index is 1100. The molecule has 0 aliphatic carbocycles. The number of phenols is 1. The number of nitrogens with zero attached hydrogens (tertiary/aromatic N) is 1. The van der Waals surface area contributed by atoms with E-state index in [1.807, 2.05) is 12.1 Å². The number of halogens is 1. The lowest BCUT2D eigenvalue weighted by molar-refractivity contribution is 0.0966. The van der Waals surface area contributed by atoms with Gasteiger partial charge in [-0.05, 0) is 58.7 Å². The van der Waals surface area contributed by atoms with Gasteiger partial charge in [0.2, 0.25) is 0 Å². The second kappa shape index (κ2) is 6.01. The summed E-state index contributed by atoms with van der Waals surface area (Å²) in [6, 6.07) is 16.6. The molecule has 1 aliphatic heterocycles. The lowest BCUT2D eigenvalue weighted by Gasteiger charge is -2.14. The fraction of sp³-hybridized carbons (Fsp3) is 0.0476. The summed E-state index contributed by atoms with van der Waals surface area (Å²) in [5.41, 5.74) is 4.13. The van der Waals surface area contributed by atoms with Crippen molar-refractivity contribution in [3.8, 4) is 34.1 Å². The molecule has 0 saturated carbocycles. The van der Waals surface area contributed by atoms with Crippen LogP contribution in [-0.2, 0) is 6.54 Å². The molecule has 3 aromatic rings. The van der Waals surface area contributed by atoms with Crippen molar-refractivity contribution in [1.82, 2.24) is 5.32 Å². The normalized spacial score (nSPS) is 12.4. The van der Waals surface area contributed by atoms with Gasteiger partial charge in [0.25, 0.3) is 5.91 Å². The van der Waals surface area contributed by atoms with Gasteiger partial charge in [0.15, 0.2) is 0 Å². The third-order valence-electron chi connectivity index (χ3n) is 4.47. The molecule has 1 amide bonds. The molecule has 0 spiro atoms. The Morgan fingerprint density at radius 3 is 2.62 bits per heavy atom. The maximum absolute atomic E-state index is 14.5. The van der Waals surface area contributed by atoms with Crippen LogP contribution in [0.1, 0.15) is 21.5 Å². The van der Waals surface area contributed by atoms with Gasteiger partial charge in [-0.25, -0.2) is 4.39 Å². The van der Waals surface area contributed by atoms with Crippen LogP contribution in [-0.4, -0.2) is 11.0 Å². The minimum atomic E-state index is -0.582. The number of fused-ring (bicyclic) bond motifs is 1. The van der Waals surface area contributed by atoms with E-state index in [1.165, 1.54) is 12.1 Å². The van der Waals surface area contributed by atoms with E-state index in [-0.39, 0.29) is 17.2 Å². The summed E-state index contributed by atoms with van der Waals surface area (Å²) in [7, 11) is 0. The first-order chi connectivity index (χ1) is 12.6. The van der Waals surface area contributed by atoms with Crippen molar-refractivity contribution in [2.24, 2.45) is 0 Å². The SMILES string of the molecule is N#Cc1cccc(-c2cc3c(cc2-c2ccc(O)cc2F)C(=O)NC3)c1. The van der Waals surface area contributed by atoms with Crippen molar-refractivity contribution in [3.63, 3.8) is 0 Å². The minimum Gasteiger partial charge on any atom is -0.508 e. The summed E-state index contributed by atoms with van der Waals surface area (Å²) in [5, 5.41) is 21.4. The first-order valence-corrected chi connectivity index (χ1v) is 8.01. The molecule has 4 nitrogen and oxygen atoms in total. The molecular formula is C21H13FN2O2. The van der Waals surface area contributed by atoms with E-state index in [0.717, 1.165) is 22.8 Å². The fourth-order valence-corrected chi connectivity index (χ4v) is 3.21. The largest absolute Gasteiger partial charge is 0.508 e. The number of aromatic hydroxyl groups is 1. The van der Waals surface area contributed by atoms with E-state index in [0.29, 0.717) is 23.2 Å². The number of nitriles is 1. The number of benzene rings is 3. The molecule has 126 valence electrons. The maximum Gasteiger partial charge on any atom is 0.251 e. The molecule has 0 unspecified atom stereocenters. The summed E-state index contributed by atoms with van der Waals surface area (Å²) >= 11 is 0. The third-order valence-corrected chi connectivity index (χ3v) is 4.47. The van der Waals surface area contributed by atoms with E-state index in [2.05, 4.69) is 11.4 Å². The average molecular weight is 344 g/mol. The minimum absolute atomic E-state index is 0.168. The van der Waals surface area contributed by atoms with Crippen molar-refractivity contribution in [1.29, 1.82) is 5.26 Å². The number of hydrogen-bond donors (Lipinski definition) is 2. The summed E-state index contributed by atoms with van der Waals surface area (Å²) in [6.45, 7) is 0.414. The van der Waals surface area contributed by atoms with Crippen LogP contribution in [0, 0.1) is 17.1 Å². The number of carbonyl (C=O) groups excluding carboxylic acids is 1. The van der Waals surface area contributed by atoms with Crippen molar-refractivity contribution >= 4 is 5.91 Å². The third kappa shape index (κ3) is 2.58. The Balaban J connectivity index is 2.01. The van der Waals surface area contributed by atoms with Crippen molar-refractivity contribution in [2.75, 3.05) is 0 Å². The molecule has 4 rings (SSSR count). The monoisotopic (exact) mass is 344 g/mol. The highest BCUT2D eigenvalue weighted by Crippen LogP contribution is 2.38. The molecule has 1 aliphatic rings. The van der Waals surface area contributed by atoms with Gasteiger partial charge in [0, 0.05) is 23.7 Å². The van der Waals surface area contributed by atoms with Crippen LogP contribution >= 0.6 is 0 Å². The van der Waals surface area contributed by atoms with Crippen LogP contribution in [0.4, 0.5) is 4.39 Å². The fourth-order valence-electron chi connectivity index (χ4n) is 3.21. The van der Waals surface area contributed by atoms with Gasteiger partial charge in [0.05, 0.1) is 11.6 Å². The second-order valence-electron chi connectivity index (χ2n) is 6.09. The highest BCUT2D eigenvalue weighted by molar-refractivity contribution is 6.01. The molecular weight excluding hydrogens is 331 g/mol. The number of carbonyl (C=O) groups is 1. The summed E-state index contributed by atoms with van der Waals surface area (Å²) in [5.74, 6) is -0.947. The summed E-state index contributed by atoms with van der Waals surface area (Å²) in [4.78, 5) is 12.0. The highest BCUT2D eigenvalue weighted by Gasteiger charge is 2.23. The Morgan fingerprint density at radius 1 is 1.00 bits per heavy atom. The zero-order valence-corrected chi connectivity index (χ0v) is 13.6. The quantitative estimate of drug-likeness (QED) is 0.738. The van der Waals surface area contributed by atoms with E-state index in [4.69, 9.17) is 5.26 Å². The van der Waals surface area contributed by atoms with Crippen LogP contribution in [0.2, 0.25) is 0 Å². The lowest BCUT2D eigenvalue weighted by atomic mass is 9.90. The van der Waals surface area contributed by atoms with E-state index in [1.54, 1.807) is 24.3 Å². The van der Waals surface area contributed by atoms with Gasteiger partial charge in [-0.2, -0.15) is 5.26 Å². The number of phenolic OH excluding ortho intramolecular Hbond substituents is 1. The standard InChI is InChI=1S/C21H13FN2O2/c22-20-8-15(25)4-5-16(20)19-9-18-14(11-24-21(18)26)7-17(19)13-3-1-2-12(6-13)10-23/h1-9,25H,11H2,(H,24,26). The Morgan fingerprint density at radius 2 is 1.85 bits per heavy atom. The first-order valence-electron chi connectivity index (χ1n) is 8.01. The molecule has 1 heterocycles. The average Bonchev–Trinajstić information content (AvgIpc) is 3.01. The van der Waals surface area contributed by atoms with Gasteiger partial charge in [-0.3, -0.25) is 4.79 Å². The van der Waals surface area contributed by atoms with E-state index < -0.39 is 5.82 Å². The van der Waals surface area contributed by atoms with Crippen molar-refractivity contribution in [2.45, 2.75) is 6.54 Å². The van der Waals surface area contributed by atoms with Crippen LogP contribution in [0.25, 0.3) is 22.3 Å². The highest BCUT2D eigenvalue weighted by atomic mass is 19.1. The van der Waals surface area contributed by atoms with Gasteiger partial charge >= 0.3 is 0 Å². The molecule has 5 heteroatoms. The second-order valence-corrected chi connectivity index (χ2v) is 6.09. The van der Waals surface area contributed by atoms with Crippen LogP contribution in [0.15, 0.2) is 54.6 Å². The molecule has 0 fully saturated rings. The number of rotatable bonds is 2. The van der Waals surface area contributed by atoms with Crippen LogP contribution in [0.3, 0.4) is 0 Å². The molecule has 2 N–H and O–H groups in total. The topological polar surface area (TPSA) is 73.1 Å². The summed E-state index contributed by atoms with van der Waals surface area (Å²) < 4.78 is 14.5. The molecule has 0 bridgehead atoms. The van der Waals surface area contributed by atoms with Crippen LogP contribution in [0.5, 0.6) is 5.75 Å². The predicted molar refractivity (Wildman–Crippen MR) is 94.8 cm³/mol. The predicted octanol–water partition coefficient (Wildman–Crippen LogP) is 3.98. The Labute approximate surface area is 149 Å². The van der Waals surface area contributed by atoms with E-state index >= 15 is 0 Å². The van der Waals surface area contributed by atoms with Gasteiger partial charge < -0.3 is 10.4 Å². The zero-order chi connectivity index (χ0) is 18.3. The molecule has 0 saturated heterocycles. The van der Waals surface area contributed by atoms with Gasteiger partial charge in [-0.15, -0.1) is 0 Å². The number of hydrogen-bond acceptors (Lipinski definition) is 3. The van der Waals surface area contributed by atoms with Gasteiger partial charge in [-0.1, -0.05) is 12.1 Å². The molecule has 26 heavy (non-hydrogen) atoms. The lowest BCUT2D eigenvalue weighted by Crippen LogP contribution is -2.12. The number of amides is 1. The van der Waals surface area contributed by atoms with Crippen LogP contribution < -0.4 is 5.32 Å².